The molecule has 5 heteroatoms. The summed E-state index contributed by atoms with van der Waals surface area (Å²) in [6, 6.07) is 0. The second-order valence-corrected chi connectivity index (χ2v) is 5.12. The molecule has 0 aliphatic carbocycles. The summed E-state index contributed by atoms with van der Waals surface area (Å²) in [5.74, 6) is 5.21. The van der Waals surface area contributed by atoms with Gasteiger partial charge in [-0.2, -0.15) is 15.9 Å². The summed E-state index contributed by atoms with van der Waals surface area (Å²) in [5, 5.41) is 4.00. The van der Waals surface area contributed by atoms with Crippen LogP contribution in [0.25, 0.3) is 0 Å². The van der Waals surface area contributed by atoms with Crippen molar-refractivity contribution in [3.63, 3.8) is 0 Å². The third kappa shape index (κ3) is 8.19. The highest BCUT2D eigenvalue weighted by molar-refractivity contribution is 8.13. The third-order valence-electron chi connectivity index (χ3n) is 1.79. The number of azo groups is 1. The van der Waals surface area contributed by atoms with Crippen molar-refractivity contribution >= 4 is 16.4 Å². The van der Waals surface area contributed by atoms with Gasteiger partial charge in [-0.15, -0.1) is 5.53 Å². The van der Waals surface area contributed by atoms with Gasteiger partial charge in [0.2, 0.25) is 0 Å². The molecule has 0 aromatic carbocycles. The Labute approximate surface area is 89.7 Å². The van der Waals surface area contributed by atoms with Crippen LogP contribution in [0.5, 0.6) is 0 Å². The predicted molar refractivity (Wildman–Crippen MR) is 65.0 cm³/mol. The molecular weight excluding hydrogens is 196 g/mol. The first kappa shape index (κ1) is 13.6. The minimum absolute atomic E-state index is 0.340. The molecule has 2 N–H and O–H groups in total. The summed E-state index contributed by atoms with van der Waals surface area (Å²) in [6.45, 7) is 3.89. The molecule has 0 amide bonds. The molecule has 14 heavy (non-hydrogen) atoms. The Morgan fingerprint density at radius 2 is 2.14 bits per heavy atom. The van der Waals surface area contributed by atoms with Gasteiger partial charge in [0, 0.05) is 18.3 Å². The van der Waals surface area contributed by atoms with Gasteiger partial charge in [-0.05, 0) is 30.0 Å². The maximum Gasteiger partial charge on any atom is 0.198 e. The lowest BCUT2D eigenvalue weighted by Gasteiger charge is -2.03. The maximum absolute atomic E-state index is 4.00. The highest BCUT2D eigenvalue weighted by Crippen LogP contribution is 2.04. The molecule has 0 rings (SSSR count). The first-order valence-corrected chi connectivity index (χ1v) is 6.95. The largest absolute Gasteiger partial charge is 0.198 e. The van der Waals surface area contributed by atoms with Gasteiger partial charge in [-0.1, -0.05) is 5.87 Å². The smallest absolute Gasteiger partial charge is 0.196 e. The van der Waals surface area contributed by atoms with Crippen molar-refractivity contribution < 1.29 is 4.81 Å². The van der Waals surface area contributed by atoms with Crippen molar-refractivity contribution in [1.29, 1.82) is 0 Å². The van der Waals surface area contributed by atoms with Crippen LogP contribution in [0.15, 0.2) is 5.11 Å². The van der Waals surface area contributed by atoms with Gasteiger partial charge < -0.3 is 0 Å². The van der Waals surface area contributed by atoms with Crippen molar-refractivity contribution in [1.82, 2.24) is 11.0 Å². The van der Waals surface area contributed by atoms with Crippen molar-refractivity contribution in [2.75, 3.05) is 32.1 Å². The summed E-state index contributed by atoms with van der Waals surface area (Å²) in [5.41, 5.74) is 6.14. The zero-order valence-corrected chi connectivity index (χ0v) is 10.4. The summed E-state index contributed by atoms with van der Waals surface area (Å²) in [4.78, 5) is 1.77. The maximum atomic E-state index is 4.00. The minimum Gasteiger partial charge on any atom is -0.196 e. The number of hydrazine groups is 2. The molecule has 84 valence electrons. The molecule has 0 aliphatic heterocycles. The monoisotopic (exact) mass is 219 g/mol. The molecule has 0 aromatic heterocycles. The fourth-order valence-corrected chi connectivity index (χ4v) is 1.68. The van der Waals surface area contributed by atoms with E-state index < -0.39 is 0 Å². The summed E-state index contributed by atoms with van der Waals surface area (Å²) in [6.07, 6.45) is 4.61. The number of rotatable bonds is 8. The van der Waals surface area contributed by atoms with E-state index in [9.17, 15) is 0 Å². The van der Waals surface area contributed by atoms with Crippen LogP contribution in [0.2, 0.25) is 0 Å². The molecule has 4 nitrogen and oxygen atoms in total. The second kappa shape index (κ2) is 9.15. The molecule has 0 saturated heterocycles. The van der Waals surface area contributed by atoms with E-state index in [1.165, 1.54) is 18.6 Å². The zero-order valence-electron chi connectivity index (χ0n) is 9.55. The van der Waals surface area contributed by atoms with E-state index in [1.54, 1.807) is 11.9 Å². The van der Waals surface area contributed by atoms with E-state index >= 15 is 0 Å². The van der Waals surface area contributed by atoms with Crippen molar-refractivity contribution in [2.45, 2.75) is 19.8 Å². The van der Waals surface area contributed by atoms with E-state index in [-0.39, 0.29) is 0 Å². The van der Waals surface area contributed by atoms with Crippen molar-refractivity contribution in [2.24, 2.45) is 5.11 Å². The minimum atomic E-state index is 0.340. The fraction of sp³-hybridized carbons (Fsp3) is 0.889. The highest BCUT2D eigenvalue weighted by Gasteiger charge is 1.97. The van der Waals surface area contributed by atoms with Crippen LogP contribution in [0.3, 0.4) is 0 Å². The van der Waals surface area contributed by atoms with E-state index in [0.29, 0.717) is 10.5 Å². The molecule has 0 aromatic rings. The van der Waals surface area contributed by atoms with Gasteiger partial charge in [0.25, 0.3) is 0 Å². The number of hydrogen-bond donors (Lipinski definition) is 2. The Morgan fingerprint density at radius 3 is 2.64 bits per heavy atom. The molecule has 0 spiro atoms. The van der Waals surface area contributed by atoms with E-state index in [2.05, 4.69) is 28.2 Å². The van der Waals surface area contributed by atoms with Crippen LogP contribution in [-0.2, 0) is 0 Å². The van der Waals surface area contributed by atoms with Crippen molar-refractivity contribution in [3.8, 4) is 0 Å². The molecular formula is C9H23N4S+. The van der Waals surface area contributed by atoms with E-state index in [1.807, 2.05) is 6.92 Å². The molecule has 0 bridgehead atoms. The lowest BCUT2D eigenvalue weighted by Crippen LogP contribution is -2.40. The van der Waals surface area contributed by atoms with E-state index in [4.69, 9.17) is 0 Å². The molecule has 0 saturated carbocycles. The van der Waals surface area contributed by atoms with Crippen LogP contribution >= 0.6 is 10.5 Å². The highest BCUT2D eigenvalue weighted by atomic mass is 32.2. The Kier molecular flexibility index (Phi) is 8.87. The number of hydrogen-bond acceptors (Lipinski definition) is 2. The number of nitrogens with zero attached hydrogens (tertiary/aromatic N) is 2. The quantitative estimate of drug-likeness (QED) is 0.212. The molecule has 0 heterocycles. The van der Waals surface area contributed by atoms with Crippen LogP contribution in [-0.4, -0.2) is 42.8 Å². The summed E-state index contributed by atoms with van der Waals surface area (Å²) in [7, 11) is 2.11. The lowest BCUT2D eigenvalue weighted by molar-refractivity contribution is -0.654. The third-order valence-corrected chi connectivity index (χ3v) is 2.78. The van der Waals surface area contributed by atoms with Gasteiger partial charge in [0.15, 0.2) is 6.54 Å². The van der Waals surface area contributed by atoms with E-state index in [0.717, 1.165) is 13.1 Å². The summed E-state index contributed by atoms with van der Waals surface area (Å²) < 4.78 is 0. The van der Waals surface area contributed by atoms with Gasteiger partial charge in [0.1, 0.15) is 0 Å². The average molecular weight is 219 g/mol. The topological polar surface area (TPSA) is 39.4 Å². The summed E-state index contributed by atoms with van der Waals surface area (Å²) >= 11 is 0. The first-order valence-electron chi connectivity index (χ1n) is 4.98. The fourth-order valence-electron chi connectivity index (χ4n) is 0.979. The van der Waals surface area contributed by atoms with Gasteiger partial charge in [0.05, 0.1) is 7.05 Å². The molecule has 1 atom stereocenters. The molecule has 0 aliphatic rings. The Balaban J connectivity index is 3.25. The van der Waals surface area contributed by atoms with Gasteiger partial charge >= 0.3 is 0 Å². The van der Waals surface area contributed by atoms with Crippen LogP contribution in [0, 0.1) is 0 Å². The number of nitrogens with one attached hydrogen (secondary N) is 2. The van der Waals surface area contributed by atoms with Gasteiger partial charge in [-0.25, -0.2) is 0 Å². The normalized spacial score (nSPS) is 14.1. The van der Waals surface area contributed by atoms with Crippen LogP contribution < -0.4 is 11.0 Å². The van der Waals surface area contributed by atoms with Crippen LogP contribution in [0.1, 0.15) is 19.8 Å². The Bertz CT molecular complexity index is 191. The molecule has 0 fully saturated rings. The second-order valence-electron chi connectivity index (χ2n) is 3.15. The molecule has 1 unspecified atom stereocenters. The number of unbranched alkanes of at least 4 members (excludes halogenated alkanes) is 1. The predicted octanol–water partition coefficient (Wildman–Crippen LogP) is 1.22. The SMILES string of the molecule is C=S(C)CCCCNN[N+](CC)=NC. The lowest BCUT2D eigenvalue weighted by atomic mass is 10.3. The Morgan fingerprint density at radius 1 is 1.43 bits per heavy atom. The van der Waals surface area contributed by atoms with Crippen LogP contribution in [0.4, 0.5) is 0 Å². The van der Waals surface area contributed by atoms with Crippen molar-refractivity contribution in [3.05, 3.63) is 0 Å². The molecule has 0 radical (unpaired) electrons. The average Bonchev–Trinajstić information content (AvgIpc) is 2.16. The Hall–Kier alpha value is -0.420. The standard InChI is InChI=1S/C9H22N4S/c1-5-13(10-2)12-11-8-6-7-9-14(3)4/h10H,3,5-9H2,1-2,4H3/p+1. The first-order chi connectivity index (χ1) is 6.70. The van der Waals surface area contributed by atoms with Gasteiger partial charge in [-0.3, -0.25) is 0 Å². The zero-order chi connectivity index (χ0) is 10.8.